The number of nitrogen functional groups attached to an aromatic ring is 1. The van der Waals surface area contributed by atoms with Crippen molar-refractivity contribution >= 4 is 60.2 Å². The van der Waals surface area contributed by atoms with E-state index in [0.29, 0.717) is 5.69 Å². The fourth-order valence-corrected chi connectivity index (χ4v) is 3.59. The zero-order chi connectivity index (χ0) is 14.1. The number of benzene rings is 1. The van der Waals surface area contributed by atoms with Crippen LogP contribution in [0.3, 0.4) is 0 Å². The number of nitrogens with two attached hydrogens (primary N) is 1. The quantitative estimate of drug-likeness (QED) is 0.653. The average molecular weight is 411 g/mol. The second-order valence-corrected chi connectivity index (χ2v) is 6.87. The Kier molecular flexibility index (Phi) is 3.96. The van der Waals surface area contributed by atoms with Crippen LogP contribution >= 0.6 is 43.6 Å². The lowest BCUT2D eigenvalue weighted by Gasteiger charge is -2.09. The minimum Gasteiger partial charge on any atom is -0.397 e. The molecule has 6 heteroatoms. The van der Waals surface area contributed by atoms with Crippen molar-refractivity contribution in [1.29, 1.82) is 0 Å². The first-order valence-electron chi connectivity index (χ1n) is 5.77. The maximum atomic E-state index is 6.09. The van der Waals surface area contributed by atoms with Crippen LogP contribution in [0.5, 0.6) is 0 Å². The Morgan fingerprint density at radius 1 is 1.10 bits per heavy atom. The molecule has 2 N–H and O–H groups in total. The van der Waals surface area contributed by atoms with Crippen molar-refractivity contribution < 1.29 is 0 Å². The maximum Gasteiger partial charge on any atom is 0.115 e. The number of halogens is 2. The van der Waals surface area contributed by atoms with Gasteiger partial charge in [0.2, 0.25) is 0 Å². The number of hydrogen-bond acceptors (Lipinski definition) is 4. The Bertz CT molecular complexity index is 787. The third kappa shape index (κ3) is 2.68. The van der Waals surface area contributed by atoms with Gasteiger partial charge in [-0.05, 0) is 46.3 Å². The molecule has 3 nitrogen and oxygen atoms in total. The van der Waals surface area contributed by atoms with Gasteiger partial charge in [-0.1, -0.05) is 27.7 Å². The van der Waals surface area contributed by atoms with Crippen molar-refractivity contribution in [3.05, 3.63) is 51.7 Å². The van der Waals surface area contributed by atoms with E-state index in [9.17, 15) is 0 Å². The highest BCUT2D eigenvalue weighted by Gasteiger charge is 2.11. The van der Waals surface area contributed by atoms with E-state index in [2.05, 4.69) is 41.8 Å². The van der Waals surface area contributed by atoms with Gasteiger partial charge >= 0.3 is 0 Å². The number of hydrogen-bond donors (Lipinski definition) is 1. The SMILES string of the molecule is Nc1cnc2ccc(Br)cc2c1Sc1ncccc1Br. The van der Waals surface area contributed by atoms with Crippen LogP contribution in [0, 0.1) is 0 Å². The van der Waals surface area contributed by atoms with E-state index in [1.165, 1.54) is 11.8 Å². The van der Waals surface area contributed by atoms with Gasteiger partial charge in [0.1, 0.15) is 5.03 Å². The molecule has 2 aromatic heterocycles. The van der Waals surface area contributed by atoms with Gasteiger partial charge in [0.05, 0.1) is 21.9 Å². The summed E-state index contributed by atoms with van der Waals surface area (Å²) < 4.78 is 1.95. The van der Waals surface area contributed by atoms with Crippen molar-refractivity contribution in [3.8, 4) is 0 Å². The van der Waals surface area contributed by atoms with Crippen LogP contribution in [0.4, 0.5) is 5.69 Å². The molecule has 0 amide bonds. The molecular formula is C14H9Br2N3S. The molecule has 0 atom stereocenters. The summed E-state index contributed by atoms with van der Waals surface area (Å²) in [6.07, 6.45) is 3.46. The Balaban J connectivity index is 2.17. The second kappa shape index (κ2) is 5.71. The van der Waals surface area contributed by atoms with Crippen LogP contribution in [0.25, 0.3) is 10.9 Å². The third-order valence-corrected chi connectivity index (χ3v) is 5.31. The molecule has 3 rings (SSSR count). The average Bonchev–Trinajstić information content (AvgIpc) is 2.44. The van der Waals surface area contributed by atoms with Crippen LogP contribution in [0.1, 0.15) is 0 Å². The van der Waals surface area contributed by atoms with Crippen molar-refractivity contribution in [2.24, 2.45) is 0 Å². The molecule has 0 saturated heterocycles. The van der Waals surface area contributed by atoms with Gasteiger partial charge in [-0.25, -0.2) is 4.98 Å². The van der Waals surface area contributed by atoms with Crippen LogP contribution < -0.4 is 5.73 Å². The predicted molar refractivity (Wildman–Crippen MR) is 89.9 cm³/mol. The molecule has 0 aliphatic rings. The van der Waals surface area contributed by atoms with Gasteiger partial charge in [0.25, 0.3) is 0 Å². The molecular weight excluding hydrogens is 402 g/mol. The minimum atomic E-state index is 0.651. The Labute approximate surface area is 137 Å². The van der Waals surface area contributed by atoms with E-state index in [0.717, 1.165) is 29.8 Å². The molecule has 0 aliphatic carbocycles. The smallest absolute Gasteiger partial charge is 0.115 e. The molecule has 0 aliphatic heterocycles. The van der Waals surface area contributed by atoms with Gasteiger partial charge in [-0.3, -0.25) is 4.98 Å². The zero-order valence-electron chi connectivity index (χ0n) is 10.2. The molecule has 100 valence electrons. The van der Waals surface area contributed by atoms with Crippen molar-refractivity contribution in [2.45, 2.75) is 9.92 Å². The monoisotopic (exact) mass is 409 g/mol. The molecule has 20 heavy (non-hydrogen) atoms. The molecule has 0 spiro atoms. The molecule has 0 radical (unpaired) electrons. The summed E-state index contributed by atoms with van der Waals surface area (Å²) in [6.45, 7) is 0. The van der Waals surface area contributed by atoms with Crippen molar-refractivity contribution in [2.75, 3.05) is 5.73 Å². The van der Waals surface area contributed by atoms with Crippen molar-refractivity contribution in [3.63, 3.8) is 0 Å². The van der Waals surface area contributed by atoms with Gasteiger partial charge in [-0.2, -0.15) is 0 Å². The van der Waals surface area contributed by atoms with Crippen LogP contribution in [-0.4, -0.2) is 9.97 Å². The number of anilines is 1. The summed E-state index contributed by atoms with van der Waals surface area (Å²) in [5, 5.41) is 1.90. The fourth-order valence-electron chi connectivity index (χ4n) is 1.81. The number of rotatable bonds is 2. The highest BCUT2D eigenvalue weighted by atomic mass is 79.9. The topological polar surface area (TPSA) is 51.8 Å². The Morgan fingerprint density at radius 3 is 2.75 bits per heavy atom. The third-order valence-electron chi connectivity index (χ3n) is 2.73. The van der Waals surface area contributed by atoms with E-state index < -0.39 is 0 Å². The fraction of sp³-hybridized carbons (Fsp3) is 0. The second-order valence-electron chi connectivity index (χ2n) is 4.10. The first kappa shape index (κ1) is 13.9. The summed E-state index contributed by atoms with van der Waals surface area (Å²) in [5.41, 5.74) is 7.66. The maximum absolute atomic E-state index is 6.09. The highest BCUT2D eigenvalue weighted by Crippen LogP contribution is 2.39. The van der Waals surface area contributed by atoms with Crippen molar-refractivity contribution in [1.82, 2.24) is 9.97 Å². The lowest BCUT2D eigenvalue weighted by atomic mass is 10.2. The lowest BCUT2D eigenvalue weighted by Crippen LogP contribution is -1.93. The molecule has 0 bridgehead atoms. The Hall–Kier alpha value is -1.11. The molecule has 1 aromatic carbocycles. The van der Waals surface area contributed by atoms with E-state index in [-0.39, 0.29) is 0 Å². The standard InChI is InChI=1S/C14H9Br2N3S/c15-8-3-4-12-9(6-8)13(11(17)7-19-12)20-14-10(16)2-1-5-18-14/h1-7H,17H2. The number of fused-ring (bicyclic) bond motifs is 1. The molecule has 3 aromatic rings. The molecule has 0 saturated carbocycles. The Morgan fingerprint density at radius 2 is 1.95 bits per heavy atom. The predicted octanol–water partition coefficient (Wildman–Crippen LogP) is 4.89. The van der Waals surface area contributed by atoms with Crippen LogP contribution in [-0.2, 0) is 0 Å². The van der Waals surface area contributed by atoms with E-state index in [4.69, 9.17) is 5.73 Å². The van der Waals surface area contributed by atoms with Gasteiger partial charge in [0.15, 0.2) is 0 Å². The largest absolute Gasteiger partial charge is 0.397 e. The van der Waals surface area contributed by atoms with Gasteiger partial charge in [0, 0.05) is 21.0 Å². The van der Waals surface area contributed by atoms with E-state index >= 15 is 0 Å². The first-order chi connectivity index (χ1) is 9.65. The number of nitrogens with zero attached hydrogens (tertiary/aromatic N) is 2. The molecule has 0 fully saturated rings. The van der Waals surface area contributed by atoms with Gasteiger partial charge < -0.3 is 5.73 Å². The zero-order valence-corrected chi connectivity index (χ0v) is 14.2. The highest BCUT2D eigenvalue weighted by molar-refractivity contribution is 9.10. The summed E-state index contributed by atoms with van der Waals surface area (Å²) in [7, 11) is 0. The lowest BCUT2D eigenvalue weighted by molar-refractivity contribution is 1.11. The molecule has 0 unspecified atom stereocenters. The van der Waals surface area contributed by atoms with E-state index in [1.807, 2.05) is 30.3 Å². The van der Waals surface area contributed by atoms with E-state index in [1.54, 1.807) is 12.4 Å². The van der Waals surface area contributed by atoms with Crippen LogP contribution in [0.2, 0.25) is 0 Å². The summed E-state index contributed by atoms with van der Waals surface area (Å²) in [4.78, 5) is 9.70. The normalized spacial score (nSPS) is 10.9. The summed E-state index contributed by atoms with van der Waals surface area (Å²) in [6, 6.07) is 9.81. The number of pyridine rings is 2. The number of aromatic nitrogens is 2. The van der Waals surface area contributed by atoms with Crippen LogP contribution in [0.15, 0.2) is 61.6 Å². The molecule has 2 heterocycles. The first-order valence-corrected chi connectivity index (χ1v) is 8.17. The summed E-state index contributed by atoms with van der Waals surface area (Å²) in [5.74, 6) is 0. The van der Waals surface area contributed by atoms with Gasteiger partial charge in [-0.15, -0.1) is 0 Å². The minimum absolute atomic E-state index is 0.651. The summed E-state index contributed by atoms with van der Waals surface area (Å²) >= 11 is 8.53.